The predicted molar refractivity (Wildman–Crippen MR) is 23.0 cm³/mol. The zero-order valence-corrected chi connectivity index (χ0v) is 4.16. The molecule has 1 amide bonds. The lowest BCUT2D eigenvalue weighted by Gasteiger charge is -1.76. The van der Waals surface area contributed by atoms with Gasteiger partial charge in [0.05, 0.1) is 5.45 Å². The maximum absolute atomic E-state index is 9.26. The second kappa shape index (κ2) is 3.95. The largest absolute Gasteiger partial charge is 0.349 e. The Labute approximate surface area is 38.7 Å². The highest BCUT2D eigenvalue weighted by molar-refractivity contribution is 9.09. The molecule has 0 bridgehead atoms. The van der Waals surface area contributed by atoms with Crippen molar-refractivity contribution in [3.8, 4) is 0 Å². The van der Waals surface area contributed by atoms with Crippen LogP contribution in [-0.2, 0) is 4.79 Å². The van der Waals surface area contributed by atoms with Gasteiger partial charge in [-0.15, -0.1) is 0 Å². The number of nitrogens with one attached hydrogen (secondary N) is 1. The molecule has 3 heteroatoms. The van der Waals surface area contributed by atoms with Gasteiger partial charge in [0, 0.05) is 0 Å². The smallest absolute Gasteiger partial charge is 0.207 e. The Balaban J connectivity index is 2.40. The molecule has 0 aromatic rings. The molecule has 0 aliphatic carbocycles. The Morgan fingerprint density at radius 3 is 2.60 bits per heavy atom. The first kappa shape index (κ1) is 4.95. The van der Waals surface area contributed by atoms with E-state index in [4.69, 9.17) is 0 Å². The maximum atomic E-state index is 9.26. The van der Waals surface area contributed by atoms with E-state index >= 15 is 0 Å². The van der Waals surface area contributed by atoms with E-state index in [1.807, 2.05) is 0 Å². The van der Waals surface area contributed by atoms with E-state index in [0.717, 1.165) is 0 Å². The third-order valence-corrected chi connectivity index (χ3v) is 0.484. The molecule has 0 heterocycles. The number of carbonyl (C=O) groups excluding carboxylic acids is 1. The first-order chi connectivity index (χ1) is 2.41. The van der Waals surface area contributed by atoms with Crippen LogP contribution in [0.4, 0.5) is 0 Å². The van der Waals surface area contributed by atoms with Crippen LogP contribution in [0.25, 0.3) is 0 Å². The summed E-state index contributed by atoms with van der Waals surface area (Å²) >= 11 is 2.97. The first-order valence-corrected chi connectivity index (χ1v) is 2.27. The van der Waals surface area contributed by atoms with Gasteiger partial charge in [-0.1, -0.05) is 15.9 Å². The summed E-state index contributed by atoms with van der Waals surface area (Å²) in [5, 5.41) is 2.35. The van der Waals surface area contributed by atoms with Crippen LogP contribution < -0.4 is 5.32 Å². The van der Waals surface area contributed by atoms with Gasteiger partial charge in [-0.25, -0.2) is 0 Å². The SMILES string of the molecule is O=CNCBr. The molecule has 0 rings (SSSR count). The summed E-state index contributed by atoms with van der Waals surface area (Å²) in [7, 11) is 0. The molecular formula is C2H4BrNO. The number of hydrogen-bond acceptors (Lipinski definition) is 1. The van der Waals surface area contributed by atoms with Crippen molar-refractivity contribution >= 4 is 22.3 Å². The van der Waals surface area contributed by atoms with E-state index in [1.165, 1.54) is 0 Å². The van der Waals surface area contributed by atoms with Gasteiger partial charge in [-0.3, -0.25) is 4.79 Å². The average Bonchev–Trinajstić information content (AvgIpc) is 1.41. The highest BCUT2D eigenvalue weighted by Crippen LogP contribution is 1.64. The highest BCUT2D eigenvalue weighted by Gasteiger charge is 1.61. The summed E-state index contributed by atoms with van der Waals surface area (Å²) in [6.45, 7) is 0. The molecule has 0 aliphatic rings. The lowest BCUT2D eigenvalue weighted by molar-refractivity contribution is -0.109. The Morgan fingerprint density at radius 2 is 2.60 bits per heavy atom. The summed E-state index contributed by atoms with van der Waals surface area (Å²) in [6, 6.07) is 0. The topological polar surface area (TPSA) is 29.1 Å². The van der Waals surface area contributed by atoms with Gasteiger partial charge in [-0.2, -0.15) is 0 Å². The van der Waals surface area contributed by atoms with Gasteiger partial charge in [0.15, 0.2) is 0 Å². The first-order valence-electron chi connectivity index (χ1n) is 1.15. The fourth-order valence-corrected chi connectivity index (χ4v) is 0.164. The Hall–Kier alpha value is -0.0500. The normalized spacial score (nSPS) is 6.60. The summed E-state index contributed by atoms with van der Waals surface area (Å²) < 4.78 is 0. The molecule has 0 saturated heterocycles. The lowest BCUT2D eigenvalue weighted by Crippen LogP contribution is -2.04. The number of hydrogen-bond donors (Lipinski definition) is 1. The van der Waals surface area contributed by atoms with Gasteiger partial charge >= 0.3 is 0 Å². The van der Waals surface area contributed by atoms with Crippen LogP contribution in [0, 0.1) is 0 Å². The third kappa shape index (κ3) is 3.95. The molecule has 0 aromatic heterocycles. The van der Waals surface area contributed by atoms with Crippen LogP contribution in [0.15, 0.2) is 0 Å². The number of alkyl halides is 1. The molecule has 2 nitrogen and oxygen atoms in total. The minimum atomic E-state index is 0.538. The molecule has 0 fully saturated rings. The molecule has 5 heavy (non-hydrogen) atoms. The zero-order chi connectivity index (χ0) is 4.12. The molecule has 30 valence electrons. The number of rotatable bonds is 2. The van der Waals surface area contributed by atoms with Gasteiger partial charge in [0.25, 0.3) is 0 Å². The quantitative estimate of drug-likeness (QED) is 0.327. The van der Waals surface area contributed by atoms with Crippen molar-refractivity contribution in [1.29, 1.82) is 0 Å². The van der Waals surface area contributed by atoms with Crippen LogP contribution in [-0.4, -0.2) is 11.9 Å². The van der Waals surface area contributed by atoms with Crippen molar-refractivity contribution in [1.82, 2.24) is 5.32 Å². The van der Waals surface area contributed by atoms with E-state index in [9.17, 15) is 4.79 Å². The Bertz CT molecular complexity index is 30.8. The van der Waals surface area contributed by atoms with Crippen LogP contribution in [0.2, 0.25) is 0 Å². The van der Waals surface area contributed by atoms with Crippen molar-refractivity contribution in [3.05, 3.63) is 0 Å². The maximum Gasteiger partial charge on any atom is 0.207 e. The molecular weight excluding hydrogens is 134 g/mol. The van der Waals surface area contributed by atoms with Crippen molar-refractivity contribution in [2.45, 2.75) is 0 Å². The summed E-state index contributed by atoms with van der Waals surface area (Å²) in [5.41, 5.74) is 0.538. The molecule has 0 unspecified atom stereocenters. The van der Waals surface area contributed by atoms with Gasteiger partial charge in [0.1, 0.15) is 0 Å². The second-order valence-corrected chi connectivity index (χ2v) is 1.02. The van der Waals surface area contributed by atoms with Gasteiger partial charge in [-0.05, 0) is 0 Å². The zero-order valence-electron chi connectivity index (χ0n) is 2.57. The van der Waals surface area contributed by atoms with Crippen molar-refractivity contribution in [3.63, 3.8) is 0 Å². The van der Waals surface area contributed by atoms with E-state index < -0.39 is 0 Å². The minimum absolute atomic E-state index is 0.538. The van der Waals surface area contributed by atoms with Crippen molar-refractivity contribution < 1.29 is 4.79 Å². The Kier molecular flexibility index (Phi) is 3.91. The predicted octanol–water partition coefficient (Wildman–Crippen LogP) is 0.0848. The highest BCUT2D eigenvalue weighted by atomic mass is 79.9. The van der Waals surface area contributed by atoms with Crippen LogP contribution in [0.5, 0.6) is 0 Å². The van der Waals surface area contributed by atoms with E-state index in [0.29, 0.717) is 11.9 Å². The molecule has 0 saturated carbocycles. The van der Waals surface area contributed by atoms with Gasteiger partial charge < -0.3 is 5.32 Å². The van der Waals surface area contributed by atoms with E-state index in [2.05, 4.69) is 21.2 Å². The molecule has 0 aliphatic heterocycles. The minimum Gasteiger partial charge on any atom is -0.349 e. The number of halogens is 1. The molecule has 1 N–H and O–H groups in total. The Morgan fingerprint density at radius 1 is 2.00 bits per heavy atom. The van der Waals surface area contributed by atoms with Crippen molar-refractivity contribution in [2.24, 2.45) is 0 Å². The lowest BCUT2D eigenvalue weighted by atomic mass is 11.2. The molecule has 0 atom stereocenters. The average molecular weight is 138 g/mol. The van der Waals surface area contributed by atoms with E-state index in [-0.39, 0.29) is 0 Å². The van der Waals surface area contributed by atoms with Crippen LogP contribution in [0.3, 0.4) is 0 Å². The van der Waals surface area contributed by atoms with Crippen LogP contribution >= 0.6 is 15.9 Å². The molecule has 0 radical (unpaired) electrons. The fourth-order valence-electron chi connectivity index (χ4n) is 0.0315. The molecule has 0 aromatic carbocycles. The third-order valence-electron chi connectivity index (χ3n) is 0.160. The second-order valence-electron chi connectivity index (χ2n) is 0.456. The fraction of sp³-hybridized carbons (Fsp3) is 0.500. The summed E-state index contributed by atoms with van der Waals surface area (Å²) in [5.74, 6) is 0. The monoisotopic (exact) mass is 137 g/mol. The number of carbonyl (C=O) groups is 1. The van der Waals surface area contributed by atoms with Crippen LogP contribution in [0.1, 0.15) is 0 Å². The standard InChI is InChI=1S/C2H4BrNO/c3-1-4-2-5/h2H,1H2,(H,4,5). The number of amides is 1. The summed E-state index contributed by atoms with van der Waals surface area (Å²) in [6.07, 6.45) is 0.634. The van der Waals surface area contributed by atoms with Gasteiger partial charge in [0.2, 0.25) is 6.41 Å². The van der Waals surface area contributed by atoms with E-state index in [1.54, 1.807) is 0 Å². The van der Waals surface area contributed by atoms with Crippen molar-refractivity contribution in [2.75, 3.05) is 5.45 Å². The summed E-state index contributed by atoms with van der Waals surface area (Å²) in [4.78, 5) is 9.26. The molecule has 0 spiro atoms.